The van der Waals surface area contributed by atoms with E-state index < -0.39 is 0 Å². The molecule has 1 aromatic carbocycles. The van der Waals surface area contributed by atoms with Crippen molar-refractivity contribution in [2.24, 2.45) is 23.7 Å². The monoisotopic (exact) mass is 315 g/mol. The molecule has 4 nitrogen and oxygen atoms in total. The van der Waals surface area contributed by atoms with Crippen LogP contribution in [0.3, 0.4) is 0 Å². The minimum atomic E-state index is -0.0585. The number of hydrogen-bond donors (Lipinski definition) is 1. The molecule has 0 saturated heterocycles. The van der Waals surface area contributed by atoms with E-state index in [1.165, 1.54) is 32.1 Å². The Labute approximate surface area is 137 Å². The maximum absolute atomic E-state index is 12.9. The molecule has 4 bridgehead atoms. The van der Waals surface area contributed by atoms with Crippen LogP contribution in [-0.2, 0) is 0 Å². The molecule has 1 aromatic rings. The minimum Gasteiger partial charge on any atom is -0.496 e. The first-order valence-electron chi connectivity index (χ1n) is 8.71. The van der Waals surface area contributed by atoms with E-state index in [4.69, 9.17) is 9.47 Å². The summed E-state index contributed by atoms with van der Waals surface area (Å²) in [6.45, 7) is 0. The largest absolute Gasteiger partial charge is 0.496 e. The highest BCUT2D eigenvalue weighted by molar-refractivity contribution is 6.00. The Balaban J connectivity index is 1.57. The van der Waals surface area contributed by atoms with E-state index in [-0.39, 0.29) is 5.91 Å². The third kappa shape index (κ3) is 2.48. The lowest BCUT2D eigenvalue weighted by Crippen LogP contribution is -2.55. The maximum atomic E-state index is 12.9. The molecule has 0 aromatic heterocycles. The van der Waals surface area contributed by atoms with Crippen molar-refractivity contribution >= 4 is 5.91 Å². The summed E-state index contributed by atoms with van der Waals surface area (Å²) in [5.41, 5.74) is 0.520. The van der Waals surface area contributed by atoms with Gasteiger partial charge in [-0.15, -0.1) is 0 Å². The Morgan fingerprint density at radius 1 is 0.957 bits per heavy atom. The molecule has 0 atom stereocenters. The summed E-state index contributed by atoms with van der Waals surface area (Å²) in [5.74, 6) is 4.23. The first-order valence-corrected chi connectivity index (χ1v) is 8.71. The summed E-state index contributed by atoms with van der Waals surface area (Å²) < 4.78 is 10.8. The normalized spacial score (nSPS) is 34.3. The highest BCUT2D eigenvalue weighted by Gasteiger charge is 2.48. The zero-order valence-electron chi connectivity index (χ0n) is 13.9. The van der Waals surface area contributed by atoms with Gasteiger partial charge in [0.1, 0.15) is 17.1 Å². The first-order chi connectivity index (χ1) is 11.2. The molecule has 1 N–H and O–H groups in total. The Morgan fingerprint density at radius 2 is 1.48 bits per heavy atom. The van der Waals surface area contributed by atoms with Gasteiger partial charge in [0.15, 0.2) is 0 Å². The predicted molar refractivity (Wildman–Crippen MR) is 87.8 cm³/mol. The van der Waals surface area contributed by atoms with Crippen molar-refractivity contribution in [3.8, 4) is 11.5 Å². The van der Waals surface area contributed by atoms with E-state index in [1.807, 2.05) is 18.2 Å². The summed E-state index contributed by atoms with van der Waals surface area (Å²) in [7, 11) is 3.18. The first kappa shape index (κ1) is 14.9. The van der Waals surface area contributed by atoms with Crippen LogP contribution < -0.4 is 14.8 Å². The molecule has 124 valence electrons. The van der Waals surface area contributed by atoms with Gasteiger partial charge in [0.05, 0.1) is 14.2 Å². The summed E-state index contributed by atoms with van der Waals surface area (Å²) in [5, 5.41) is 3.33. The number of carbonyl (C=O) groups excluding carboxylic acids is 1. The molecule has 5 rings (SSSR count). The van der Waals surface area contributed by atoms with Crippen LogP contribution in [0, 0.1) is 23.7 Å². The lowest BCUT2D eigenvalue weighted by molar-refractivity contribution is -0.0120. The molecule has 4 saturated carbocycles. The third-order valence-electron chi connectivity index (χ3n) is 6.18. The second kappa shape index (κ2) is 5.73. The van der Waals surface area contributed by atoms with Crippen LogP contribution in [0.4, 0.5) is 0 Å². The Bertz CT molecular complexity index is 562. The highest BCUT2D eigenvalue weighted by atomic mass is 16.5. The van der Waals surface area contributed by atoms with Crippen molar-refractivity contribution in [3.05, 3.63) is 23.8 Å². The fourth-order valence-corrected chi connectivity index (χ4v) is 5.46. The molecule has 0 heterocycles. The molecular weight excluding hydrogens is 290 g/mol. The number of ether oxygens (including phenoxy) is 2. The molecular formula is C19H25NO3. The second-order valence-electron chi connectivity index (χ2n) is 7.47. The smallest absolute Gasteiger partial charge is 0.259 e. The average molecular weight is 315 g/mol. The number of rotatable bonds is 4. The number of nitrogens with one attached hydrogen (secondary N) is 1. The lowest BCUT2D eigenvalue weighted by atomic mass is 9.54. The van der Waals surface area contributed by atoms with Gasteiger partial charge in [-0.3, -0.25) is 4.79 Å². The molecule has 0 aliphatic heterocycles. The molecule has 4 aliphatic carbocycles. The van der Waals surface area contributed by atoms with Crippen LogP contribution in [0.15, 0.2) is 18.2 Å². The topological polar surface area (TPSA) is 47.6 Å². The minimum absolute atomic E-state index is 0.0585. The third-order valence-corrected chi connectivity index (χ3v) is 6.18. The Kier molecular flexibility index (Phi) is 3.70. The zero-order chi connectivity index (χ0) is 16.0. The summed E-state index contributed by atoms with van der Waals surface area (Å²) in [4.78, 5) is 12.9. The van der Waals surface area contributed by atoms with Gasteiger partial charge in [-0.1, -0.05) is 6.07 Å². The van der Waals surface area contributed by atoms with E-state index in [0.717, 1.165) is 11.8 Å². The SMILES string of the molecule is COc1cccc(OC)c1C(=O)NC1C2CC3CC(C2)CC1C3. The van der Waals surface area contributed by atoms with E-state index in [0.29, 0.717) is 34.9 Å². The van der Waals surface area contributed by atoms with Gasteiger partial charge >= 0.3 is 0 Å². The summed E-state index contributed by atoms with van der Waals surface area (Å²) >= 11 is 0. The van der Waals surface area contributed by atoms with Crippen LogP contribution in [0.2, 0.25) is 0 Å². The molecule has 0 spiro atoms. The maximum Gasteiger partial charge on any atom is 0.259 e. The van der Waals surface area contributed by atoms with Crippen LogP contribution >= 0.6 is 0 Å². The van der Waals surface area contributed by atoms with Crippen molar-refractivity contribution in [3.63, 3.8) is 0 Å². The van der Waals surface area contributed by atoms with Gasteiger partial charge in [0.25, 0.3) is 5.91 Å². The van der Waals surface area contributed by atoms with Crippen molar-refractivity contribution in [1.82, 2.24) is 5.32 Å². The van der Waals surface area contributed by atoms with Crippen LogP contribution in [0.5, 0.6) is 11.5 Å². The van der Waals surface area contributed by atoms with Crippen molar-refractivity contribution < 1.29 is 14.3 Å². The van der Waals surface area contributed by atoms with Gasteiger partial charge < -0.3 is 14.8 Å². The highest BCUT2D eigenvalue weighted by Crippen LogP contribution is 2.53. The second-order valence-corrected chi connectivity index (χ2v) is 7.47. The van der Waals surface area contributed by atoms with E-state index >= 15 is 0 Å². The van der Waals surface area contributed by atoms with Gasteiger partial charge in [0, 0.05) is 6.04 Å². The molecule has 4 fully saturated rings. The fourth-order valence-electron chi connectivity index (χ4n) is 5.46. The number of benzene rings is 1. The summed E-state index contributed by atoms with van der Waals surface area (Å²) in [6, 6.07) is 5.80. The van der Waals surface area contributed by atoms with Crippen molar-refractivity contribution in [1.29, 1.82) is 0 Å². The molecule has 1 amide bonds. The number of methoxy groups -OCH3 is 2. The van der Waals surface area contributed by atoms with E-state index in [1.54, 1.807) is 14.2 Å². The number of carbonyl (C=O) groups is 1. The molecule has 4 heteroatoms. The van der Waals surface area contributed by atoms with Crippen LogP contribution in [0.25, 0.3) is 0 Å². The molecule has 4 aliphatic rings. The zero-order valence-corrected chi connectivity index (χ0v) is 13.9. The van der Waals surface area contributed by atoms with Gasteiger partial charge in [0.2, 0.25) is 0 Å². The quantitative estimate of drug-likeness (QED) is 0.928. The molecule has 0 unspecified atom stereocenters. The van der Waals surface area contributed by atoms with Crippen molar-refractivity contribution in [2.75, 3.05) is 14.2 Å². The van der Waals surface area contributed by atoms with Crippen LogP contribution in [-0.4, -0.2) is 26.2 Å². The van der Waals surface area contributed by atoms with Gasteiger partial charge in [-0.05, 0) is 67.9 Å². The summed E-state index contributed by atoms with van der Waals surface area (Å²) in [6.07, 6.45) is 6.60. The van der Waals surface area contributed by atoms with Gasteiger partial charge in [-0.25, -0.2) is 0 Å². The Morgan fingerprint density at radius 3 is 1.96 bits per heavy atom. The standard InChI is InChI=1S/C19H25NO3/c1-22-15-4-3-5-16(23-2)17(15)19(21)20-18-13-7-11-6-12(9-13)10-14(18)8-11/h3-5,11-14,18H,6-10H2,1-2H3,(H,20,21). The predicted octanol–water partition coefficient (Wildman–Crippen LogP) is 3.26. The van der Waals surface area contributed by atoms with Crippen LogP contribution in [0.1, 0.15) is 42.5 Å². The lowest BCUT2D eigenvalue weighted by Gasteiger charge is -2.54. The van der Waals surface area contributed by atoms with E-state index in [2.05, 4.69) is 5.32 Å². The number of amides is 1. The fraction of sp³-hybridized carbons (Fsp3) is 0.632. The van der Waals surface area contributed by atoms with E-state index in [9.17, 15) is 4.79 Å². The number of hydrogen-bond acceptors (Lipinski definition) is 3. The molecule has 0 radical (unpaired) electrons. The average Bonchev–Trinajstić information content (AvgIpc) is 2.56. The Hall–Kier alpha value is -1.71. The van der Waals surface area contributed by atoms with Crippen molar-refractivity contribution in [2.45, 2.75) is 38.1 Å². The molecule has 23 heavy (non-hydrogen) atoms. The van der Waals surface area contributed by atoms with Gasteiger partial charge in [-0.2, -0.15) is 0 Å².